The molecule has 0 saturated carbocycles. The first kappa shape index (κ1) is 17.5. The largest absolute Gasteiger partial charge is 0.454 e. The van der Waals surface area contributed by atoms with Gasteiger partial charge in [-0.1, -0.05) is 23.7 Å². The zero-order chi connectivity index (χ0) is 20.0. The van der Waals surface area contributed by atoms with Gasteiger partial charge < -0.3 is 9.47 Å². The van der Waals surface area contributed by atoms with Crippen LogP contribution in [-0.4, -0.2) is 33.4 Å². The Bertz CT molecular complexity index is 1130. The predicted octanol–water partition coefficient (Wildman–Crippen LogP) is 2.84. The van der Waals surface area contributed by atoms with Crippen LogP contribution < -0.4 is 20.1 Å². The number of ether oxygens (including phenoxy) is 2. The maximum atomic E-state index is 12.6. The number of amides is 2. The van der Waals surface area contributed by atoms with Crippen LogP contribution in [0.4, 0.5) is 11.9 Å². The second kappa shape index (κ2) is 6.78. The number of anilines is 2. The fourth-order valence-corrected chi connectivity index (χ4v) is 3.40. The summed E-state index contributed by atoms with van der Waals surface area (Å²) in [7, 11) is 0. The number of fused-ring (bicyclic) bond motifs is 2. The Hall–Kier alpha value is -3.59. The first-order chi connectivity index (χ1) is 14.1. The Labute approximate surface area is 169 Å². The second-order valence-electron chi connectivity index (χ2n) is 6.55. The molecular weight excluding hydrogens is 398 g/mol. The Morgan fingerprint density at radius 2 is 1.97 bits per heavy atom. The quantitative estimate of drug-likeness (QED) is 0.686. The number of carbonyl (C=O) groups excluding carboxylic acids is 2. The Kier molecular flexibility index (Phi) is 4.09. The fraction of sp³-hybridized carbons (Fsp3) is 0.158. The average Bonchev–Trinajstić information content (AvgIpc) is 3.33. The van der Waals surface area contributed by atoms with Gasteiger partial charge in [0, 0.05) is 10.6 Å². The molecule has 3 aromatic rings. The van der Waals surface area contributed by atoms with Crippen molar-refractivity contribution in [3.8, 4) is 11.5 Å². The lowest BCUT2D eigenvalue weighted by atomic mass is 10.0. The standard InChI is InChI=1S/C19H14ClN5O4/c20-12-4-1-10(2-5-12)13-8-16(26)21-19-23-18(24-25(13)19)22-17(27)11-3-6-14-15(7-11)29-9-28-14/h1-7,13H,8-9H2,(H2,21,22,23,24,26,27)/t13-/m0/s1. The van der Waals surface area contributed by atoms with E-state index in [-0.39, 0.29) is 37.1 Å². The van der Waals surface area contributed by atoms with Gasteiger partial charge in [0.15, 0.2) is 11.5 Å². The van der Waals surface area contributed by atoms with Crippen LogP contribution in [-0.2, 0) is 4.79 Å². The van der Waals surface area contributed by atoms with E-state index in [4.69, 9.17) is 21.1 Å². The first-order valence-electron chi connectivity index (χ1n) is 8.80. The van der Waals surface area contributed by atoms with Gasteiger partial charge >= 0.3 is 0 Å². The average molecular weight is 412 g/mol. The molecule has 2 N–H and O–H groups in total. The van der Waals surface area contributed by atoms with Gasteiger partial charge in [-0.15, -0.1) is 5.10 Å². The molecule has 146 valence electrons. The molecule has 9 nitrogen and oxygen atoms in total. The Morgan fingerprint density at radius 3 is 2.79 bits per heavy atom. The molecule has 29 heavy (non-hydrogen) atoms. The highest BCUT2D eigenvalue weighted by atomic mass is 35.5. The molecule has 2 aromatic carbocycles. The summed E-state index contributed by atoms with van der Waals surface area (Å²) in [6.07, 6.45) is 0.202. The van der Waals surface area contributed by atoms with E-state index in [1.54, 1.807) is 35.0 Å². The molecule has 2 amide bonds. The topological polar surface area (TPSA) is 107 Å². The molecule has 1 aromatic heterocycles. The third-order valence-corrected chi connectivity index (χ3v) is 4.92. The van der Waals surface area contributed by atoms with Crippen LogP contribution in [0.2, 0.25) is 5.02 Å². The Balaban J connectivity index is 1.41. The van der Waals surface area contributed by atoms with Crippen LogP contribution in [0.15, 0.2) is 42.5 Å². The van der Waals surface area contributed by atoms with Crippen LogP contribution in [0.3, 0.4) is 0 Å². The number of hydrogen-bond acceptors (Lipinski definition) is 6. The summed E-state index contributed by atoms with van der Waals surface area (Å²) in [5.74, 6) is 0.862. The van der Waals surface area contributed by atoms with Crippen molar-refractivity contribution in [2.24, 2.45) is 0 Å². The van der Waals surface area contributed by atoms with Crippen LogP contribution in [0.1, 0.15) is 28.4 Å². The number of benzene rings is 2. The molecule has 0 unspecified atom stereocenters. The number of rotatable bonds is 3. The van der Waals surface area contributed by atoms with Gasteiger partial charge in [0.25, 0.3) is 11.9 Å². The Morgan fingerprint density at radius 1 is 1.17 bits per heavy atom. The lowest BCUT2D eigenvalue weighted by Gasteiger charge is -2.23. The third-order valence-electron chi connectivity index (χ3n) is 4.67. The zero-order valence-electron chi connectivity index (χ0n) is 14.9. The second-order valence-corrected chi connectivity index (χ2v) is 6.98. The number of halogens is 1. The predicted molar refractivity (Wildman–Crippen MR) is 103 cm³/mol. The molecule has 5 rings (SSSR count). The summed E-state index contributed by atoms with van der Waals surface area (Å²) in [5.41, 5.74) is 1.24. The number of aromatic nitrogens is 3. The lowest BCUT2D eigenvalue weighted by Crippen LogP contribution is -2.29. The SMILES string of the molecule is O=C1C[C@@H](c2ccc(Cl)cc2)n2nc(NC(=O)c3ccc4c(c3)OCO4)nc2N1. The van der Waals surface area contributed by atoms with Crippen LogP contribution in [0, 0.1) is 0 Å². The number of nitrogens with one attached hydrogen (secondary N) is 2. The van der Waals surface area contributed by atoms with Crippen molar-refractivity contribution in [2.45, 2.75) is 12.5 Å². The minimum absolute atomic E-state index is 0.0869. The van der Waals surface area contributed by atoms with Gasteiger partial charge in [0.2, 0.25) is 18.6 Å². The molecule has 1 atom stereocenters. The van der Waals surface area contributed by atoms with Gasteiger partial charge in [0.1, 0.15) is 0 Å². The minimum atomic E-state index is -0.402. The molecule has 0 fully saturated rings. The number of nitrogens with zero attached hydrogens (tertiary/aromatic N) is 3. The van der Waals surface area contributed by atoms with E-state index in [1.165, 1.54) is 0 Å². The molecule has 2 aliphatic heterocycles. The fourth-order valence-electron chi connectivity index (χ4n) is 3.27. The van der Waals surface area contributed by atoms with Crippen LogP contribution in [0.5, 0.6) is 11.5 Å². The summed E-state index contributed by atoms with van der Waals surface area (Å²) in [4.78, 5) is 28.9. The van der Waals surface area contributed by atoms with Crippen molar-refractivity contribution in [1.29, 1.82) is 0 Å². The summed E-state index contributed by atoms with van der Waals surface area (Å²) in [6.45, 7) is 0.126. The van der Waals surface area contributed by atoms with Gasteiger partial charge in [0.05, 0.1) is 12.5 Å². The van der Waals surface area contributed by atoms with Crippen molar-refractivity contribution in [1.82, 2.24) is 14.8 Å². The van der Waals surface area contributed by atoms with E-state index in [2.05, 4.69) is 20.7 Å². The minimum Gasteiger partial charge on any atom is -0.454 e. The lowest BCUT2D eigenvalue weighted by molar-refractivity contribution is -0.117. The molecule has 2 aliphatic rings. The summed E-state index contributed by atoms with van der Waals surface area (Å²) in [5, 5.41) is 10.3. The smallest absolute Gasteiger partial charge is 0.258 e. The molecule has 0 saturated heterocycles. The zero-order valence-corrected chi connectivity index (χ0v) is 15.6. The van der Waals surface area contributed by atoms with E-state index in [0.29, 0.717) is 22.1 Å². The highest BCUT2D eigenvalue weighted by Gasteiger charge is 2.29. The van der Waals surface area contributed by atoms with E-state index in [0.717, 1.165) is 5.56 Å². The van der Waals surface area contributed by atoms with E-state index in [1.807, 2.05) is 12.1 Å². The first-order valence-corrected chi connectivity index (χ1v) is 9.17. The van der Waals surface area contributed by atoms with Crippen molar-refractivity contribution < 1.29 is 19.1 Å². The molecule has 3 heterocycles. The van der Waals surface area contributed by atoms with Crippen molar-refractivity contribution in [3.05, 3.63) is 58.6 Å². The van der Waals surface area contributed by atoms with Gasteiger partial charge in [-0.25, -0.2) is 4.68 Å². The summed E-state index contributed by atoms with van der Waals surface area (Å²) in [6, 6.07) is 11.7. The molecule has 0 bridgehead atoms. The maximum absolute atomic E-state index is 12.6. The molecule has 0 spiro atoms. The normalized spacial score (nSPS) is 16.9. The third kappa shape index (κ3) is 3.25. The van der Waals surface area contributed by atoms with Gasteiger partial charge in [-0.3, -0.25) is 20.2 Å². The van der Waals surface area contributed by atoms with E-state index >= 15 is 0 Å². The highest BCUT2D eigenvalue weighted by molar-refractivity contribution is 6.30. The molecular formula is C19H14ClN5O4. The van der Waals surface area contributed by atoms with Crippen molar-refractivity contribution in [2.75, 3.05) is 17.4 Å². The molecule has 10 heteroatoms. The van der Waals surface area contributed by atoms with Gasteiger partial charge in [-0.05, 0) is 35.9 Å². The van der Waals surface area contributed by atoms with E-state index < -0.39 is 5.91 Å². The summed E-state index contributed by atoms with van der Waals surface area (Å²) >= 11 is 5.96. The van der Waals surface area contributed by atoms with Gasteiger partial charge in [-0.2, -0.15) is 4.98 Å². The van der Waals surface area contributed by atoms with E-state index in [9.17, 15) is 9.59 Å². The molecule has 0 aliphatic carbocycles. The monoisotopic (exact) mass is 411 g/mol. The number of carbonyl (C=O) groups is 2. The number of hydrogen-bond donors (Lipinski definition) is 2. The van der Waals surface area contributed by atoms with Crippen molar-refractivity contribution >= 4 is 35.3 Å². The van der Waals surface area contributed by atoms with Crippen LogP contribution >= 0.6 is 11.6 Å². The molecule has 0 radical (unpaired) electrons. The van der Waals surface area contributed by atoms with Crippen molar-refractivity contribution in [3.63, 3.8) is 0 Å². The summed E-state index contributed by atoms with van der Waals surface area (Å²) < 4.78 is 12.1. The maximum Gasteiger partial charge on any atom is 0.258 e. The highest BCUT2D eigenvalue weighted by Crippen LogP contribution is 2.33. The van der Waals surface area contributed by atoms with Crippen LogP contribution in [0.25, 0.3) is 0 Å².